The summed E-state index contributed by atoms with van der Waals surface area (Å²) < 4.78 is 6.13. The van der Waals surface area contributed by atoms with Gasteiger partial charge in [0.25, 0.3) is 11.8 Å². The first-order valence-corrected chi connectivity index (χ1v) is 10.2. The Labute approximate surface area is 178 Å². The average Bonchev–Trinajstić information content (AvgIpc) is 2.92. The van der Waals surface area contributed by atoms with Crippen LogP contribution in [0.15, 0.2) is 40.9 Å². The van der Waals surface area contributed by atoms with Crippen molar-refractivity contribution >= 4 is 33.7 Å². The lowest BCUT2D eigenvalue weighted by Gasteiger charge is -2.18. The lowest BCUT2D eigenvalue weighted by molar-refractivity contribution is -0.121. The summed E-state index contributed by atoms with van der Waals surface area (Å²) in [6.45, 7) is 4.09. The molecule has 0 spiro atoms. The van der Waals surface area contributed by atoms with Gasteiger partial charge in [-0.2, -0.15) is 0 Å². The Morgan fingerprint density at radius 3 is 2.59 bits per heavy atom. The largest absolute Gasteiger partial charge is 0.496 e. The molecule has 0 aliphatic carbocycles. The number of carbonyl (C=O) groups is 3. The lowest BCUT2D eigenvalue weighted by atomic mass is 10.0. The zero-order valence-corrected chi connectivity index (χ0v) is 18.2. The molecule has 152 valence electrons. The van der Waals surface area contributed by atoms with Gasteiger partial charge in [-0.15, -0.1) is 0 Å². The molecule has 1 atom stereocenters. The molecule has 1 aliphatic heterocycles. The van der Waals surface area contributed by atoms with Gasteiger partial charge in [-0.1, -0.05) is 33.6 Å². The van der Waals surface area contributed by atoms with Crippen molar-refractivity contribution in [2.24, 2.45) is 0 Å². The fourth-order valence-corrected chi connectivity index (χ4v) is 3.81. The smallest absolute Gasteiger partial charge is 0.261 e. The number of amides is 3. The predicted octanol–water partition coefficient (Wildman–Crippen LogP) is 4.02. The number of nitrogens with one attached hydrogen (secondary N) is 1. The normalized spacial score (nSPS) is 14.0. The summed E-state index contributed by atoms with van der Waals surface area (Å²) in [5, 5.41) is 2.96. The van der Waals surface area contributed by atoms with Crippen molar-refractivity contribution in [2.45, 2.75) is 32.7 Å². The molecule has 2 aromatic carbocycles. The highest BCUT2D eigenvalue weighted by Crippen LogP contribution is 2.27. The summed E-state index contributed by atoms with van der Waals surface area (Å²) in [7, 11) is 1.60. The van der Waals surface area contributed by atoms with Crippen molar-refractivity contribution in [1.82, 2.24) is 10.2 Å². The topological polar surface area (TPSA) is 75.7 Å². The third kappa shape index (κ3) is 4.50. The van der Waals surface area contributed by atoms with Gasteiger partial charge in [0.15, 0.2) is 0 Å². The monoisotopic (exact) mass is 458 g/mol. The molecular weight excluding hydrogens is 436 g/mol. The number of hydrogen-bond donors (Lipinski definition) is 1. The number of methoxy groups -OCH3 is 1. The molecule has 3 rings (SSSR count). The zero-order valence-electron chi connectivity index (χ0n) is 16.6. The minimum atomic E-state index is -0.315. The standard InChI is InChI=1S/C22H23BrN2O4/c1-13-6-9-19(29-3)17(11-13)14(2)24-20(26)5-4-10-25-21(27)16-8-7-15(23)12-18(16)22(25)28/h6-9,11-12,14H,4-5,10H2,1-3H3,(H,24,26). The Morgan fingerprint density at radius 1 is 1.14 bits per heavy atom. The first-order chi connectivity index (χ1) is 13.8. The minimum absolute atomic E-state index is 0.139. The van der Waals surface area contributed by atoms with E-state index in [2.05, 4.69) is 21.2 Å². The molecule has 1 N–H and O–H groups in total. The molecule has 2 aromatic rings. The van der Waals surface area contributed by atoms with Crippen molar-refractivity contribution < 1.29 is 19.1 Å². The van der Waals surface area contributed by atoms with E-state index in [1.807, 2.05) is 32.0 Å². The first kappa shape index (κ1) is 21.0. The highest BCUT2D eigenvalue weighted by atomic mass is 79.9. The fraction of sp³-hybridized carbons (Fsp3) is 0.318. The van der Waals surface area contributed by atoms with Gasteiger partial charge < -0.3 is 10.1 Å². The van der Waals surface area contributed by atoms with Gasteiger partial charge in [0, 0.05) is 23.0 Å². The maximum atomic E-state index is 12.5. The zero-order chi connectivity index (χ0) is 21.1. The van der Waals surface area contributed by atoms with E-state index in [9.17, 15) is 14.4 Å². The van der Waals surface area contributed by atoms with Crippen molar-refractivity contribution in [3.05, 3.63) is 63.1 Å². The summed E-state index contributed by atoms with van der Waals surface area (Å²) in [5.74, 6) is -0.0404. The van der Waals surface area contributed by atoms with Gasteiger partial charge in [-0.05, 0) is 44.5 Å². The molecule has 3 amide bonds. The van der Waals surface area contributed by atoms with E-state index in [0.29, 0.717) is 17.5 Å². The summed E-state index contributed by atoms with van der Waals surface area (Å²) in [4.78, 5) is 38.5. The molecule has 29 heavy (non-hydrogen) atoms. The predicted molar refractivity (Wildman–Crippen MR) is 113 cm³/mol. The molecule has 0 fully saturated rings. The van der Waals surface area contributed by atoms with E-state index < -0.39 is 0 Å². The fourth-order valence-electron chi connectivity index (χ4n) is 3.45. The van der Waals surface area contributed by atoms with Gasteiger partial charge in [-0.25, -0.2) is 0 Å². The number of aryl methyl sites for hydroxylation is 1. The molecular formula is C22H23BrN2O4. The highest BCUT2D eigenvalue weighted by molar-refractivity contribution is 9.10. The third-order valence-electron chi connectivity index (χ3n) is 4.95. The summed E-state index contributed by atoms with van der Waals surface area (Å²) >= 11 is 3.32. The van der Waals surface area contributed by atoms with Crippen LogP contribution in [0.1, 0.15) is 57.7 Å². The van der Waals surface area contributed by atoms with Crippen molar-refractivity contribution in [3.63, 3.8) is 0 Å². The number of halogens is 1. The van der Waals surface area contributed by atoms with Crippen molar-refractivity contribution in [1.29, 1.82) is 0 Å². The van der Waals surface area contributed by atoms with Crippen LogP contribution in [-0.4, -0.2) is 36.3 Å². The van der Waals surface area contributed by atoms with Gasteiger partial charge in [-0.3, -0.25) is 19.3 Å². The van der Waals surface area contributed by atoms with Crippen LogP contribution in [-0.2, 0) is 4.79 Å². The van der Waals surface area contributed by atoms with Gasteiger partial charge >= 0.3 is 0 Å². The van der Waals surface area contributed by atoms with Crippen LogP contribution in [0.25, 0.3) is 0 Å². The number of fused-ring (bicyclic) bond motifs is 1. The number of nitrogens with zero attached hydrogens (tertiary/aromatic N) is 1. The molecule has 0 radical (unpaired) electrons. The van der Waals surface area contributed by atoms with Crippen LogP contribution in [0.5, 0.6) is 5.75 Å². The van der Waals surface area contributed by atoms with E-state index in [1.165, 1.54) is 4.90 Å². The second-order valence-corrected chi connectivity index (χ2v) is 8.01. The Hall–Kier alpha value is -2.67. The molecule has 1 heterocycles. The van der Waals surface area contributed by atoms with Crippen molar-refractivity contribution in [2.75, 3.05) is 13.7 Å². The Balaban J connectivity index is 1.55. The quantitative estimate of drug-likeness (QED) is 0.635. The van der Waals surface area contributed by atoms with Crippen LogP contribution in [0.4, 0.5) is 0 Å². The molecule has 1 unspecified atom stereocenters. The third-order valence-corrected chi connectivity index (χ3v) is 5.44. The SMILES string of the molecule is COc1ccc(C)cc1C(C)NC(=O)CCCN1C(=O)c2ccc(Br)cc2C1=O. The summed E-state index contributed by atoms with van der Waals surface area (Å²) in [5.41, 5.74) is 2.79. The average molecular weight is 459 g/mol. The Bertz CT molecular complexity index is 973. The first-order valence-electron chi connectivity index (χ1n) is 9.41. The molecule has 0 aromatic heterocycles. The Kier molecular flexibility index (Phi) is 6.37. The maximum absolute atomic E-state index is 12.5. The number of benzene rings is 2. The summed E-state index contributed by atoms with van der Waals surface area (Å²) in [6.07, 6.45) is 0.617. The van der Waals surface area contributed by atoms with E-state index >= 15 is 0 Å². The minimum Gasteiger partial charge on any atom is -0.496 e. The lowest BCUT2D eigenvalue weighted by Crippen LogP contribution is -2.32. The van der Waals surface area contributed by atoms with E-state index in [1.54, 1.807) is 25.3 Å². The van der Waals surface area contributed by atoms with Crippen molar-refractivity contribution in [3.8, 4) is 5.75 Å². The van der Waals surface area contributed by atoms with Crippen LogP contribution < -0.4 is 10.1 Å². The van der Waals surface area contributed by atoms with E-state index in [0.717, 1.165) is 21.3 Å². The molecule has 0 saturated heterocycles. The maximum Gasteiger partial charge on any atom is 0.261 e. The summed E-state index contributed by atoms with van der Waals surface area (Å²) in [6, 6.07) is 10.6. The van der Waals surface area contributed by atoms with E-state index in [-0.39, 0.29) is 36.7 Å². The molecule has 1 aliphatic rings. The number of imide groups is 1. The number of ether oxygens (including phenoxy) is 1. The molecule has 6 nitrogen and oxygen atoms in total. The molecule has 7 heteroatoms. The highest BCUT2D eigenvalue weighted by Gasteiger charge is 2.35. The second-order valence-electron chi connectivity index (χ2n) is 7.09. The number of hydrogen-bond acceptors (Lipinski definition) is 4. The Morgan fingerprint density at radius 2 is 1.86 bits per heavy atom. The number of rotatable bonds is 7. The van der Waals surface area contributed by atoms with Gasteiger partial charge in [0.05, 0.1) is 24.3 Å². The van der Waals surface area contributed by atoms with Gasteiger partial charge in [0.1, 0.15) is 5.75 Å². The van der Waals surface area contributed by atoms with Crippen LogP contribution >= 0.6 is 15.9 Å². The second kappa shape index (κ2) is 8.78. The van der Waals surface area contributed by atoms with E-state index in [4.69, 9.17) is 4.74 Å². The molecule has 0 bridgehead atoms. The van der Waals surface area contributed by atoms with Crippen LogP contribution in [0, 0.1) is 6.92 Å². The van der Waals surface area contributed by atoms with Crippen LogP contribution in [0.3, 0.4) is 0 Å². The van der Waals surface area contributed by atoms with Crippen LogP contribution in [0.2, 0.25) is 0 Å². The number of carbonyl (C=O) groups excluding carboxylic acids is 3. The molecule has 0 saturated carbocycles. The van der Waals surface area contributed by atoms with Gasteiger partial charge in [0.2, 0.25) is 5.91 Å².